The monoisotopic (exact) mass is 231 g/mol. The predicted molar refractivity (Wildman–Crippen MR) is 64.1 cm³/mol. The van der Waals surface area contributed by atoms with Crippen LogP contribution < -0.4 is 5.32 Å². The average molecular weight is 231 g/mol. The number of carbonyl (C=O) groups excluding carboxylic acids is 1. The van der Waals surface area contributed by atoms with Gasteiger partial charge in [0.25, 0.3) is 0 Å². The van der Waals surface area contributed by atoms with Crippen molar-refractivity contribution in [2.45, 2.75) is 0 Å². The molecule has 1 N–H and O–H groups in total. The van der Waals surface area contributed by atoms with Gasteiger partial charge in [0, 0.05) is 19.5 Å². The van der Waals surface area contributed by atoms with Crippen LogP contribution in [0.5, 0.6) is 0 Å². The summed E-state index contributed by atoms with van der Waals surface area (Å²) in [5.41, 5.74) is 1.60. The van der Waals surface area contributed by atoms with Crippen LogP contribution in [0.15, 0.2) is 43.0 Å². The van der Waals surface area contributed by atoms with Crippen molar-refractivity contribution < 1.29 is 9.53 Å². The van der Waals surface area contributed by atoms with Crippen molar-refractivity contribution in [3.05, 3.63) is 43.0 Å². The summed E-state index contributed by atoms with van der Waals surface area (Å²) in [6.07, 6.45) is 5.19. The molecule has 1 amide bonds. The topological polar surface area (TPSA) is 56.1 Å². The minimum atomic E-state index is -0.180. The number of anilines is 1. The third-order valence-electron chi connectivity index (χ3n) is 2.24. The molecule has 0 bridgehead atoms. The zero-order valence-electron chi connectivity index (χ0n) is 9.46. The fraction of sp³-hybridized carbons (Fsp3) is 0.167. The molecule has 5 heteroatoms. The maximum absolute atomic E-state index is 11.5. The largest absolute Gasteiger partial charge is 0.375 e. The SMILES string of the molecule is COCC(=O)Nc1ccccc1-n1ccnc1. The fourth-order valence-electron chi connectivity index (χ4n) is 1.52. The van der Waals surface area contributed by atoms with Crippen molar-refractivity contribution in [3.8, 4) is 5.69 Å². The van der Waals surface area contributed by atoms with Gasteiger partial charge in [-0.25, -0.2) is 4.98 Å². The molecule has 1 aromatic carbocycles. The second kappa shape index (κ2) is 5.27. The Bertz CT molecular complexity index is 494. The lowest BCUT2D eigenvalue weighted by Crippen LogP contribution is -2.18. The van der Waals surface area contributed by atoms with Crippen LogP contribution in [0.4, 0.5) is 5.69 Å². The Balaban J connectivity index is 2.25. The molecule has 1 aromatic heterocycles. The van der Waals surface area contributed by atoms with Gasteiger partial charge < -0.3 is 14.6 Å². The zero-order valence-corrected chi connectivity index (χ0v) is 9.46. The van der Waals surface area contributed by atoms with Crippen LogP contribution in [0.2, 0.25) is 0 Å². The molecule has 2 aromatic rings. The molecule has 5 nitrogen and oxygen atoms in total. The lowest BCUT2D eigenvalue weighted by atomic mass is 10.2. The molecule has 0 aliphatic carbocycles. The number of aromatic nitrogens is 2. The summed E-state index contributed by atoms with van der Waals surface area (Å²) in [6.45, 7) is 0.0399. The lowest BCUT2D eigenvalue weighted by molar-refractivity contribution is -0.119. The number of ether oxygens (including phenoxy) is 1. The van der Waals surface area contributed by atoms with Gasteiger partial charge in [-0.05, 0) is 12.1 Å². The highest BCUT2D eigenvalue weighted by molar-refractivity contribution is 5.93. The quantitative estimate of drug-likeness (QED) is 0.866. The first-order valence-corrected chi connectivity index (χ1v) is 5.17. The van der Waals surface area contributed by atoms with E-state index in [9.17, 15) is 4.79 Å². The molecular formula is C12H13N3O2. The molecule has 0 spiro atoms. The third-order valence-corrected chi connectivity index (χ3v) is 2.24. The number of imidazole rings is 1. The number of para-hydroxylation sites is 2. The van der Waals surface area contributed by atoms with Crippen LogP contribution in [-0.2, 0) is 9.53 Å². The molecular weight excluding hydrogens is 218 g/mol. The van der Waals surface area contributed by atoms with E-state index in [1.54, 1.807) is 12.5 Å². The van der Waals surface area contributed by atoms with Crippen LogP contribution in [0.1, 0.15) is 0 Å². The summed E-state index contributed by atoms with van der Waals surface area (Å²) >= 11 is 0. The molecule has 0 atom stereocenters. The molecule has 0 saturated carbocycles. The van der Waals surface area contributed by atoms with Crippen molar-refractivity contribution >= 4 is 11.6 Å². The van der Waals surface area contributed by atoms with Gasteiger partial charge in [-0.1, -0.05) is 12.1 Å². The fourth-order valence-corrected chi connectivity index (χ4v) is 1.52. The first kappa shape index (κ1) is 11.3. The second-order valence-corrected chi connectivity index (χ2v) is 3.47. The van der Waals surface area contributed by atoms with Gasteiger partial charge in [0.1, 0.15) is 6.61 Å². The molecule has 0 unspecified atom stereocenters. The standard InChI is InChI=1S/C12H13N3O2/c1-17-8-12(16)14-10-4-2-3-5-11(10)15-7-6-13-9-15/h2-7,9H,8H2,1H3,(H,14,16). The Labute approximate surface area is 99.0 Å². The van der Waals surface area contributed by atoms with E-state index in [4.69, 9.17) is 4.74 Å². The zero-order chi connectivity index (χ0) is 12.1. The van der Waals surface area contributed by atoms with Gasteiger partial charge in [-0.15, -0.1) is 0 Å². The van der Waals surface area contributed by atoms with Crippen LogP contribution in [0, 0.1) is 0 Å². The van der Waals surface area contributed by atoms with Crippen LogP contribution >= 0.6 is 0 Å². The van der Waals surface area contributed by atoms with E-state index in [-0.39, 0.29) is 12.5 Å². The van der Waals surface area contributed by atoms with Crippen molar-refractivity contribution in [1.82, 2.24) is 9.55 Å². The van der Waals surface area contributed by atoms with E-state index < -0.39 is 0 Å². The normalized spacial score (nSPS) is 10.2. The number of carbonyl (C=O) groups is 1. The molecule has 0 fully saturated rings. The lowest BCUT2D eigenvalue weighted by Gasteiger charge is -2.10. The number of rotatable bonds is 4. The Kier molecular flexibility index (Phi) is 3.52. The highest BCUT2D eigenvalue weighted by atomic mass is 16.5. The summed E-state index contributed by atoms with van der Waals surface area (Å²) in [6, 6.07) is 7.51. The smallest absolute Gasteiger partial charge is 0.250 e. The van der Waals surface area contributed by atoms with Crippen LogP contribution in [-0.4, -0.2) is 29.2 Å². The molecule has 17 heavy (non-hydrogen) atoms. The molecule has 2 rings (SSSR count). The van der Waals surface area contributed by atoms with Crippen molar-refractivity contribution in [1.29, 1.82) is 0 Å². The molecule has 0 aliphatic rings. The summed E-state index contributed by atoms with van der Waals surface area (Å²) in [4.78, 5) is 15.5. The number of nitrogens with one attached hydrogen (secondary N) is 1. The Morgan fingerprint density at radius 1 is 1.47 bits per heavy atom. The highest BCUT2D eigenvalue weighted by Gasteiger charge is 2.06. The van der Waals surface area contributed by atoms with Gasteiger partial charge in [-0.2, -0.15) is 0 Å². The first-order valence-electron chi connectivity index (χ1n) is 5.17. The van der Waals surface area contributed by atoms with Crippen molar-refractivity contribution in [2.24, 2.45) is 0 Å². The number of nitrogens with zero attached hydrogens (tertiary/aromatic N) is 2. The van der Waals surface area contributed by atoms with Gasteiger partial charge in [-0.3, -0.25) is 4.79 Å². The van der Waals surface area contributed by atoms with E-state index in [1.807, 2.05) is 35.0 Å². The van der Waals surface area contributed by atoms with E-state index in [1.165, 1.54) is 7.11 Å². The molecule has 88 valence electrons. The summed E-state index contributed by atoms with van der Waals surface area (Å²) < 4.78 is 6.61. The van der Waals surface area contributed by atoms with Crippen LogP contribution in [0.25, 0.3) is 5.69 Å². The maximum Gasteiger partial charge on any atom is 0.250 e. The van der Waals surface area contributed by atoms with E-state index in [2.05, 4.69) is 10.3 Å². The summed E-state index contributed by atoms with van der Waals surface area (Å²) in [5.74, 6) is -0.180. The number of hydrogen-bond acceptors (Lipinski definition) is 3. The van der Waals surface area contributed by atoms with Gasteiger partial charge in [0.2, 0.25) is 5.91 Å². The number of methoxy groups -OCH3 is 1. The van der Waals surface area contributed by atoms with Gasteiger partial charge in [0.05, 0.1) is 17.7 Å². The third kappa shape index (κ3) is 2.70. The van der Waals surface area contributed by atoms with E-state index >= 15 is 0 Å². The minimum Gasteiger partial charge on any atom is -0.375 e. The van der Waals surface area contributed by atoms with E-state index in [0.29, 0.717) is 0 Å². The first-order chi connectivity index (χ1) is 8.31. The molecule has 1 heterocycles. The van der Waals surface area contributed by atoms with E-state index in [0.717, 1.165) is 11.4 Å². The average Bonchev–Trinajstić information content (AvgIpc) is 2.83. The minimum absolute atomic E-state index is 0.0399. The highest BCUT2D eigenvalue weighted by Crippen LogP contribution is 2.19. The molecule has 0 aliphatic heterocycles. The van der Waals surface area contributed by atoms with Crippen molar-refractivity contribution in [2.75, 3.05) is 19.0 Å². The number of benzene rings is 1. The summed E-state index contributed by atoms with van der Waals surface area (Å²) in [5, 5.41) is 2.79. The Morgan fingerprint density at radius 2 is 2.29 bits per heavy atom. The second-order valence-electron chi connectivity index (χ2n) is 3.47. The van der Waals surface area contributed by atoms with Gasteiger partial charge >= 0.3 is 0 Å². The van der Waals surface area contributed by atoms with Crippen molar-refractivity contribution in [3.63, 3.8) is 0 Å². The number of amides is 1. The molecule has 0 radical (unpaired) electrons. The predicted octanol–water partition coefficient (Wildman–Crippen LogP) is 1.46. The molecule has 0 saturated heterocycles. The van der Waals surface area contributed by atoms with Crippen LogP contribution in [0.3, 0.4) is 0 Å². The Hall–Kier alpha value is -2.14. The Morgan fingerprint density at radius 3 is 3.00 bits per heavy atom. The number of hydrogen-bond donors (Lipinski definition) is 1. The summed E-state index contributed by atoms with van der Waals surface area (Å²) in [7, 11) is 1.49. The van der Waals surface area contributed by atoms with Gasteiger partial charge in [0.15, 0.2) is 0 Å². The maximum atomic E-state index is 11.5.